The van der Waals surface area contributed by atoms with Crippen LogP contribution in [0, 0.1) is 0 Å². The fourth-order valence-electron chi connectivity index (χ4n) is 3.04. The number of carbonyl (C=O) groups excluding carboxylic acids is 1. The zero-order valence-corrected chi connectivity index (χ0v) is 18.2. The Labute approximate surface area is 178 Å². The van der Waals surface area contributed by atoms with Crippen LogP contribution in [-0.2, 0) is 34.1 Å². The van der Waals surface area contributed by atoms with Gasteiger partial charge in [-0.2, -0.15) is 17.5 Å². The average molecular weight is 459 g/mol. The maximum Gasteiger partial charge on any atom is 0.416 e. The third-order valence-electron chi connectivity index (χ3n) is 4.76. The molecule has 170 valence electrons. The van der Waals surface area contributed by atoms with Crippen molar-refractivity contribution in [2.45, 2.75) is 38.0 Å². The molecule has 0 bridgehead atoms. The highest BCUT2D eigenvalue weighted by Gasteiger charge is 2.33. The van der Waals surface area contributed by atoms with Gasteiger partial charge in [-0.1, -0.05) is 32.0 Å². The number of carbonyl (C=O) groups is 1. The Morgan fingerprint density at radius 3 is 2.26 bits per heavy atom. The van der Waals surface area contributed by atoms with E-state index in [1.54, 1.807) is 13.8 Å². The fourth-order valence-corrected chi connectivity index (χ4v) is 4.52. The molecule has 0 radical (unpaired) electrons. The summed E-state index contributed by atoms with van der Waals surface area (Å²) in [4.78, 5) is 25.6. The van der Waals surface area contributed by atoms with Gasteiger partial charge in [0.15, 0.2) is 0 Å². The van der Waals surface area contributed by atoms with Crippen molar-refractivity contribution >= 4 is 15.9 Å². The Hall–Kier alpha value is -2.66. The topological polar surface area (TPSA) is 79.7 Å². The van der Waals surface area contributed by atoms with Crippen LogP contribution in [-0.4, -0.2) is 48.2 Å². The van der Waals surface area contributed by atoms with Crippen molar-refractivity contribution in [3.05, 3.63) is 64.1 Å². The molecule has 0 spiro atoms. The second-order valence-electron chi connectivity index (χ2n) is 6.82. The molecule has 2 rings (SSSR count). The molecule has 0 aliphatic carbocycles. The third kappa shape index (κ3) is 5.73. The smallest absolute Gasteiger partial charge is 0.340 e. The molecule has 0 aliphatic heterocycles. The number of nitrogens with zero attached hydrogens (tertiary/aromatic N) is 3. The first-order chi connectivity index (χ1) is 14.4. The van der Waals surface area contributed by atoms with Gasteiger partial charge < -0.3 is 9.47 Å². The fraction of sp³-hybridized carbons (Fsp3) is 0.400. The molecule has 31 heavy (non-hydrogen) atoms. The van der Waals surface area contributed by atoms with Gasteiger partial charge in [-0.15, -0.1) is 0 Å². The van der Waals surface area contributed by atoms with E-state index in [0.29, 0.717) is 0 Å². The minimum absolute atomic E-state index is 0.0870. The standard InChI is InChI=1S/C20H24F3N3O4S/c1-4-26(5-2)31(29,30)16-10-11-18(27)25(13-16)14-19(28)24(3)12-15-8-6-7-9-17(15)20(21,22)23/h6-11,13H,4-5,12,14H2,1-3H3. The zero-order valence-electron chi connectivity index (χ0n) is 17.4. The number of rotatable bonds is 8. The summed E-state index contributed by atoms with van der Waals surface area (Å²) in [5.41, 5.74) is -1.54. The number of halogens is 3. The molecule has 11 heteroatoms. The minimum Gasteiger partial charge on any atom is -0.340 e. The SMILES string of the molecule is CCN(CC)S(=O)(=O)c1ccc(=O)n(CC(=O)N(C)Cc2ccccc2C(F)(F)F)c1. The number of benzene rings is 1. The van der Waals surface area contributed by atoms with Crippen LogP contribution in [0.1, 0.15) is 25.0 Å². The van der Waals surface area contributed by atoms with Crippen molar-refractivity contribution in [3.8, 4) is 0 Å². The molecule has 1 amide bonds. The first-order valence-corrected chi connectivity index (χ1v) is 11.0. The summed E-state index contributed by atoms with van der Waals surface area (Å²) in [5, 5.41) is 0. The number of sulfonamides is 1. The van der Waals surface area contributed by atoms with Crippen LogP contribution in [0.2, 0.25) is 0 Å². The summed E-state index contributed by atoms with van der Waals surface area (Å²) in [6.07, 6.45) is -3.49. The van der Waals surface area contributed by atoms with E-state index in [9.17, 15) is 31.2 Å². The molecule has 2 aromatic rings. The van der Waals surface area contributed by atoms with Gasteiger partial charge in [-0.25, -0.2) is 8.42 Å². The molecule has 1 aromatic carbocycles. The van der Waals surface area contributed by atoms with E-state index < -0.39 is 39.8 Å². The normalized spacial score (nSPS) is 12.2. The molecule has 0 N–H and O–H groups in total. The molecule has 0 unspecified atom stereocenters. The number of aromatic nitrogens is 1. The lowest BCUT2D eigenvalue weighted by Gasteiger charge is -2.21. The predicted molar refractivity (Wildman–Crippen MR) is 109 cm³/mol. The maximum atomic E-state index is 13.2. The van der Waals surface area contributed by atoms with Crippen molar-refractivity contribution in [2.75, 3.05) is 20.1 Å². The van der Waals surface area contributed by atoms with Crippen molar-refractivity contribution in [1.82, 2.24) is 13.8 Å². The molecule has 0 saturated carbocycles. The first-order valence-electron chi connectivity index (χ1n) is 9.51. The van der Waals surface area contributed by atoms with Gasteiger partial charge in [0.2, 0.25) is 15.9 Å². The zero-order chi connectivity index (χ0) is 23.4. The summed E-state index contributed by atoms with van der Waals surface area (Å²) in [7, 11) is -2.53. The first kappa shape index (κ1) is 24.6. The monoisotopic (exact) mass is 459 g/mol. The van der Waals surface area contributed by atoms with Crippen LogP contribution in [0.5, 0.6) is 0 Å². The summed E-state index contributed by atoms with van der Waals surface area (Å²) in [5.74, 6) is -0.642. The molecule has 0 atom stereocenters. The van der Waals surface area contributed by atoms with Crippen LogP contribution in [0.3, 0.4) is 0 Å². The van der Waals surface area contributed by atoms with Gasteiger partial charge in [0, 0.05) is 38.9 Å². The quantitative estimate of drug-likeness (QED) is 0.608. The Bertz CT molecular complexity index is 1090. The molecular formula is C20H24F3N3O4S. The summed E-state index contributed by atoms with van der Waals surface area (Å²) < 4.78 is 67.0. The summed E-state index contributed by atoms with van der Waals surface area (Å²) in [6.45, 7) is 2.99. The number of likely N-dealkylation sites (N-methyl/N-ethyl adjacent to an activating group) is 1. The van der Waals surface area contributed by atoms with Gasteiger partial charge in [0.25, 0.3) is 5.56 Å². The van der Waals surface area contributed by atoms with Gasteiger partial charge in [0.1, 0.15) is 6.54 Å². The Morgan fingerprint density at radius 2 is 1.68 bits per heavy atom. The Balaban J connectivity index is 2.26. The van der Waals surface area contributed by atoms with E-state index in [2.05, 4.69) is 0 Å². The van der Waals surface area contributed by atoms with E-state index >= 15 is 0 Å². The van der Waals surface area contributed by atoms with Crippen molar-refractivity contribution in [1.29, 1.82) is 0 Å². The van der Waals surface area contributed by atoms with Gasteiger partial charge in [0.05, 0.1) is 10.5 Å². The maximum absolute atomic E-state index is 13.2. The lowest BCUT2D eigenvalue weighted by Crippen LogP contribution is -2.35. The molecule has 1 heterocycles. The third-order valence-corrected chi connectivity index (χ3v) is 6.79. The number of hydrogen-bond acceptors (Lipinski definition) is 4. The minimum atomic E-state index is -4.56. The Kier molecular flexibility index (Phi) is 7.66. The van der Waals surface area contributed by atoms with Crippen molar-refractivity contribution in [3.63, 3.8) is 0 Å². The molecule has 0 fully saturated rings. The van der Waals surface area contributed by atoms with E-state index in [1.165, 1.54) is 35.6 Å². The van der Waals surface area contributed by atoms with E-state index in [1.807, 2.05) is 0 Å². The van der Waals surface area contributed by atoms with Crippen LogP contribution >= 0.6 is 0 Å². The highest BCUT2D eigenvalue weighted by molar-refractivity contribution is 7.89. The van der Waals surface area contributed by atoms with Gasteiger partial charge in [-0.05, 0) is 17.7 Å². The number of amides is 1. The van der Waals surface area contributed by atoms with Crippen molar-refractivity contribution < 1.29 is 26.4 Å². The lowest BCUT2D eigenvalue weighted by molar-refractivity contribution is -0.139. The van der Waals surface area contributed by atoms with Crippen LogP contribution in [0.4, 0.5) is 13.2 Å². The Morgan fingerprint density at radius 1 is 1.06 bits per heavy atom. The second kappa shape index (κ2) is 9.65. The van der Waals surface area contributed by atoms with Gasteiger partial charge in [-0.3, -0.25) is 9.59 Å². The van der Waals surface area contributed by atoms with E-state index in [4.69, 9.17) is 0 Å². The lowest BCUT2D eigenvalue weighted by atomic mass is 10.1. The number of hydrogen-bond donors (Lipinski definition) is 0. The molecular weight excluding hydrogens is 435 g/mol. The highest BCUT2D eigenvalue weighted by atomic mass is 32.2. The molecule has 1 aromatic heterocycles. The van der Waals surface area contributed by atoms with Crippen LogP contribution < -0.4 is 5.56 Å². The number of pyridine rings is 1. The van der Waals surface area contributed by atoms with Crippen LogP contribution in [0.15, 0.2) is 52.3 Å². The van der Waals surface area contributed by atoms with E-state index in [-0.39, 0.29) is 30.1 Å². The van der Waals surface area contributed by atoms with E-state index in [0.717, 1.165) is 27.8 Å². The summed E-state index contributed by atoms with van der Waals surface area (Å²) in [6, 6.07) is 7.11. The molecule has 0 aliphatic rings. The highest BCUT2D eigenvalue weighted by Crippen LogP contribution is 2.32. The van der Waals surface area contributed by atoms with Gasteiger partial charge >= 0.3 is 6.18 Å². The predicted octanol–water partition coefficient (Wildman–Crippen LogP) is 2.56. The second-order valence-corrected chi connectivity index (χ2v) is 8.76. The summed E-state index contributed by atoms with van der Waals surface area (Å²) >= 11 is 0. The van der Waals surface area contributed by atoms with Crippen molar-refractivity contribution in [2.24, 2.45) is 0 Å². The largest absolute Gasteiger partial charge is 0.416 e. The number of alkyl halides is 3. The average Bonchev–Trinajstić information content (AvgIpc) is 2.69. The molecule has 0 saturated heterocycles. The molecule has 7 nitrogen and oxygen atoms in total. The van der Waals surface area contributed by atoms with Crippen LogP contribution in [0.25, 0.3) is 0 Å².